The van der Waals surface area contributed by atoms with E-state index in [4.69, 9.17) is 9.84 Å². The standard InChI is InChI=1S/C11H22N2O4/c1-9(2)13(6-5-10(14)15)11(16)12(3)7-8-17-4/h9H,5-8H2,1-4H3,(H,14,15). The van der Waals surface area contributed by atoms with Gasteiger partial charge >= 0.3 is 12.0 Å². The Balaban J connectivity index is 4.37. The first-order valence-corrected chi connectivity index (χ1v) is 5.62. The molecule has 0 bridgehead atoms. The quantitative estimate of drug-likeness (QED) is 0.723. The van der Waals surface area contributed by atoms with Crippen LogP contribution in [-0.2, 0) is 9.53 Å². The van der Waals surface area contributed by atoms with Crippen molar-refractivity contribution in [2.24, 2.45) is 0 Å². The number of carbonyl (C=O) groups is 2. The number of hydrogen-bond acceptors (Lipinski definition) is 3. The van der Waals surface area contributed by atoms with Crippen molar-refractivity contribution in [3.8, 4) is 0 Å². The number of carboxylic acids is 1. The number of carbonyl (C=O) groups excluding carboxylic acids is 1. The van der Waals surface area contributed by atoms with Crippen LogP contribution in [0.5, 0.6) is 0 Å². The van der Waals surface area contributed by atoms with Crippen LogP contribution in [0.4, 0.5) is 4.79 Å². The van der Waals surface area contributed by atoms with E-state index in [1.807, 2.05) is 13.8 Å². The number of carboxylic acid groups (broad SMARTS) is 1. The van der Waals surface area contributed by atoms with Crippen LogP contribution in [0.25, 0.3) is 0 Å². The van der Waals surface area contributed by atoms with Crippen LogP contribution in [0, 0.1) is 0 Å². The molecule has 0 aromatic carbocycles. The molecule has 6 nitrogen and oxygen atoms in total. The highest BCUT2D eigenvalue weighted by molar-refractivity contribution is 5.75. The van der Waals surface area contributed by atoms with Crippen molar-refractivity contribution < 1.29 is 19.4 Å². The number of urea groups is 1. The maximum Gasteiger partial charge on any atom is 0.320 e. The van der Waals surface area contributed by atoms with Crippen LogP contribution in [0.1, 0.15) is 20.3 Å². The Morgan fingerprint density at radius 2 is 1.88 bits per heavy atom. The van der Waals surface area contributed by atoms with Gasteiger partial charge in [0.1, 0.15) is 0 Å². The molecule has 0 saturated carbocycles. The second-order valence-electron chi connectivity index (χ2n) is 4.13. The molecule has 2 amide bonds. The first-order chi connectivity index (χ1) is 7.90. The highest BCUT2D eigenvalue weighted by Crippen LogP contribution is 2.04. The minimum absolute atomic E-state index is 0.0214. The third-order valence-corrected chi connectivity index (χ3v) is 2.39. The summed E-state index contributed by atoms with van der Waals surface area (Å²) in [5, 5.41) is 8.63. The summed E-state index contributed by atoms with van der Waals surface area (Å²) in [5.41, 5.74) is 0. The van der Waals surface area contributed by atoms with Crippen LogP contribution >= 0.6 is 0 Å². The summed E-state index contributed by atoms with van der Waals surface area (Å²) >= 11 is 0. The number of amides is 2. The molecular weight excluding hydrogens is 224 g/mol. The van der Waals surface area contributed by atoms with Crippen molar-refractivity contribution in [3.63, 3.8) is 0 Å². The summed E-state index contributed by atoms with van der Waals surface area (Å²) in [6.45, 7) is 4.91. The average Bonchev–Trinajstić information content (AvgIpc) is 2.24. The fourth-order valence-corrected chi connectivity index (χ4v) is 1.33. The third-order valence-electron chi connectivity index (χ3n) is 2.39. The fourth-order valence-electron chi connectivity index (χ4n) is 1.33. The maximum atomic E-state index is 12.0. The molecular formula is C11H22N2O4. The van der Waals surface area contributed by atoms with Crippen molar-refractivity contribution in [2.45, 2.75) is 26.3 Å². The zero-order valence-corrected chi connectivity index (χ0v) is 11.0. The Hall–Kier alpha value is -1.30. The lowest BCUT2D eigenvalue weighted by Crippen LogP contribution is -2.46. The fraction of sp³-hybridized carbons (Fsp3) is 0.818. The van der Waals surface area contributed by atoms with Crippen molar-refractivity contribution in [1.82, 2.24) is 9.80 Å². The molecule has 0 radical (unpaired) electrons. The van der Waals surface area contributed by atoms with E-state index in [-0.39, 0.29) is 25.0 Å². The van der Waals surface area contributed by atoms with Gasteiger partial charge in [-0.15, -0.1) is 0 Å². The summed E-state index contributed by atoms with van der Waals surface area (Å²) in [5.74, 6) is -0.900. The van der Waals surface area contributed by atoms with Crippen LogP contribution in [-0.4, -0.2) is 66.8 Å². The number of rotatable bonds is 7. The molecule has 0 spiro atoms. The van der Waals surface area contributed by atoms with E-state index in [2.05, 4.69) is 0 Å². The lowest BCUT2D eigenvalue weighted by Gasteiger charge is -2.30. The maximum absolute atomic E-state index is 12.0. The Morgan fingerprint density at radius 3 is 2.29 bits per heavy atom. The monoisotopic (exact) mass is 246 g/mol. The second-order valence-corrected chi connectivity index (χ2v) is 4.13. The molecule has 0 aliphatic carbocycles. The molecule has 0 fully saturated rings. The molecule has 0 saturated heterocycles. The molecule has 0 aliphatic heterocycles. The van der Waals surface area contributed by atoms with Crippen molar-refractivity contribution >= 4 is 12.0 Å². The highest BCUT2D eigenvalue weighted by Gasteiger charge is 2.20. The Bertz CT molecular complexity index is 256. The van der Waals surface area contributed by atoms with Gasteiger partial charge in [0.25, 0.3) is 0 Å². The number of likely N-dealkylation sites (N-methyl/N-ethyl adjacent to an activating group) is 1. The molecule has 0 atom stereocenters. The topological polar surface area (TPSA) is 70.1 Å². The summed E-state index contributed by atoms with van der Waals surface area (Å²) in [4.78, 5) is 25.6. The molecule has 0 heterocycles. The molecule has 0 aromatic rings. The molecule has 0 aromatic heterocycles. The number of nitrogens with zero attached hydrogens (tertiary/aromatic N) is 2. The number of methoxy groups -OCH3 is 1. The van der Waals surface area contributed by atoms with Crippen molar-refractivity contribution in [1.29, 1.82) is 0 Å². The molecule has 0 unspecified atom stereocenters. The summed E-state index contributed by atoms with van der Waals surface area (Å²) in [6.07, 6.45) is -0.0396. The Kier molecular flexibility index (Phi) is 7.29. The predicted octanol–water partition coefficient (Wildman–Crippen LogP) is 0.870. The van der Waals surface area contributed by atoms with E-state index in [1.54, 1.807) is 19.1 Å². The van der Waals surface area contributed by atoms with Gasteiger partial charge < -0.3 is 19.6 Å². The van der Waals surface area contributed by atoms with Crippen LogP contribution < -0.4 is 0 Å². The molecule has 17 heavy (non-hydrogen) atoms. The normalized spacial score (nSPS) is 10.4. The van der Waals surface area contributed by atoms with Crippen LogP contribution in [0.3, 0.4) is 0 Å². The van der Waals surface area contributed by atoms with Crippen LogP contribution in [0.2, 0.25) is 0 Å². The molecule has 0 rings (SSSR count). The summed E-state index contributed by atoms with van der Waals surface area (Å²) in [7, 11) is 3.25. The Morgan fingerprint density at radius 1 is 1.29 bits per heavy atom. The van der Waals surface area contributed by atoms with Gasteiger partial charge in [-0.1, -0.05) is 0 Å². The first kappa shape index (κ1) is 15.7. The SMILES string of the molecule is COCCN(C)C(=O)N(CCC(=O)O)C(C)C. The van der Waals surface area contributed by atoms with E-state index in [1.165, 1.54) is 4.90 Å². The Labute approximate surface area is 102 Å². The number of hydrogen-bond donors (Lipinski definition) is 1. The second kappa shape index (κ2) is 7.89. The van der Waals surface area contributed by atoms with Gasteiger partial charge in [0.15, 0.2) is 0 Å². The van der Waals surface area contributed by atoms with E-state index in [0.717, 1.165) is 0 Å². The number of aliphatic carboxylic acids is 1. The number of ether oxygens (including phenoxy) is 1. The van der Waals surface area contributed by atoms with E-state index >= 15 is 0 Å². The minimum Gasteiger partial charge on any atom is -0.481 e. The van der Waals surface area contributed by atoms with Crippen molar-refractivity contribution in [2.75, 3.05) is 33.9 Å². The minimum atomic E-state index is -0.900. The van der Waals surface area contributed by atoms with Gasteiger partial charge in [-0.3, -0.25) is 4.79 Å². The first-order valence-electron chi connectivity index (χ1n) is 5.62. The van der Waals surface area contributed by atoms with Crippen LogP contribution in [0.15, 0.2) is 0 Å². The highest BCUT2D eigenvalue weighted by atomic mass is 16.5. The van der Waals surface area contributed by atoms with Gasteiger partial charge in [0, 0.05) is 33.3 Å². The lowest BCUT2D eigenvalue weighted by molar-refractivity contribution is -0.137. The molecule has 6 heteroatoms. The third kappa shape index (κ3) is 6.11. The molecule has 1 N–H and O–H groups in total. The van der Waals surface area contributed by atoms with Gasteiger partial charge in [0.05, 0.1) is 13.0 Å². The summed E-state index contributed by atoms with van der Waals surface area (Å²) in [6, 6.07) is -0.190. The van der Waals surface area contributed by atoms with Crippen molar-refractivity contribution in [3.05, 3.63) is 0 Å². The van der Waals surface area contributed by atoms with Gasteiger partial charge in [0.2, 0.25) is 0 Å². The van der Waals surface area contributed by atoms with Gasteiger partial charge in [-0.25, -0.2) is 4.79 Å². The molecule has 0 aliphatic rings. The van der Waals surface area contributed by atoms with Gasteiger partial charge in [-0.05, 0) is 13.8 Å². The predicted molar refractivity (Wildman–Crippen MR) is 64.0 cm³/mol. The lowest BCUT2D eigenvalue weighted by atomic mass is 10.3. The summed E-state index contributed by atoms with van der Waals surface area (Å²) < 4.78 is 4.89. The van der Waals surface area contributed by atoms with E-state index in [9.17, 15) is 9.59 Å². The van der Waals surface area contributed by atoms with E-state index in [0.29, 0.717) is 13.2 Å². The largest absolute Gasteiger partial charge is 0.481 e. The zero-order chi connectivity index (χ0) is 13.4. The van der Waals surface area contributed by atoms with Gasteiger partial charge in [-0.2, -0.15) is 0 Å². The zero-order valence-electron chi connectivity index (χ0n) is 11.0. The average molecular weight is 246 g/mol. The smallest absolute Gasteiger partial charge is 0.320 e. The molecule has 100 valence electrons. The van der Waals surface area contributed by atoms with E-state index < -0.39 is 5.97 Å².